The molecule has 1 fully saturated rings. The van der Waals surface area contributed by atoms with Crippen molar-refractivity contribution in [3.63, 3.8) is 0 Å². The van der Waals surface area contributed by atoms with E-state index in [4.69, 9.17) is 14.3 Å². The summed E-state index contributed by atoms with van der Waals surface area (Å²) in [5.74, 6) is 1.23. The van der Waals surface area contributed by atoms with Gasteiger partial charge < -0.3 is 24.5 Å². The molecule has 156 valence electrons. The number of carbonyl (C=O) groups is 2. The van der Waals surface area contributed by atoms with Crippen molar-refractivity contribution in [2.75, 3.05) is 44.6 Å². The fourth-order valence-corrected chi connectivity index (χ4v) is 3.36. The molecule has 3 heterocycles. The summed E-state index contributed by atoms with van der Waals surface area (Å²) in [6, 6.07) is 10.6. The first kappa shape index (κ1) is 19.9. The SMILES string of the molecule is O=C1Nc2ccccc2O/C1=C\c1ccc(/C=C/C(=O)N2CCN(CCO)CC2)o1. The van der Waals surface area contributed by atoms with E-state index in [1.54, 1.807) is 35.2 Å². The van der Waals surface area contributed by atoms with E-state index in [2.05, 4.69) is 10.2 Å². The third kappa shape index (κ3) is 4.61. The van der Waals surface area contributed by atoms with Crippen LogP contribution < -0.4 is 10.1 Å². The molecule has 1 aromatic carbocycles. The summed E-state index contributed by atoms with van der Waals surface area (Å²) >= 11 is 0. The van der Waals surface area contributed by atoms with E-state index in [1.165, 1.54) is 12.2 Å². The molecule has 8 nitrogen and oxygen atoms in total. The number of furan rings is 1. The Morgan fingerprint density at radius 1 is 1.10 bits per heavy atom. The molecule has 4 rings (SSSR count). The first-order valence-electron chi connectivity index (χ1n) is 9.82. The van der Waals surface area contributed by atoms with Gasteiger partial charge in [0.15, 0.2) is 11.5 Å². The zero-order valence-corrected chi connectivity index (χ0v) is 16.4. The Hall–Kier alpha value is -3.36. The van der Waals surface area contributed by atoms with Gasteiger partial charge in [-0.3, -0.25) is 14.5 Å². The van der Waals surface area contributed by atoms with Gasteiger partial charge in [-0.15, -0.1) is 0 Å². The number of anilines is 1. The van der Waals surface area contributed by atoms with Crippen molar-refractivity contribution in [3.05, 3.63) is 59.8 Å². The van der Waals surface area contributed by atoms with Crippen molar-refractivity contribution in [1.82, 2.24) is 9.80 Å². The van der Waals surface area contributed by atoms with Crippen molar-refractivity contribution in [2.45, 2.75) is 0 Å². The second-order valence-corrected chi connectivity index (χ2v) is 7.02. The third-order valence-electron chi connectivity index (χ3n) is 4.99. The maximum absolute atomic E-state index is 12.4. The predicted molar refractivity (Wildman–Crippen MR) is 112 cm³/mol. The first-order chi connectivity index (χ1) is 14.6. The van der Waals surface area contributed by atoms with Crippen LogP contribution in [0.2, 0.25) is 0 Å². The number of para-hydroxylation sites is 2. The molecule has 1 saturated heterocycles. The molecule has 0 unspecified atom stereocenters. The van der Waals surface area contributed by atoms with E-state index in [9.17, 15) is 9.59 Å². The van der Waals surface area contributed by atoms with Gasteiger partial charge in [0, 0.05) is 44.9 Å². The number of hydrogen-bond donors (Lipinski definition) is 2. The van der Waals surface area contributed by atoms with Crippen LogP contribution in [-0.4, -0.2) is 66.1 Å². The summed E-state index contributed by atoms with van der Waals surface area (Å²) < 4.78 is 11.3. The monoisotopic (exact) mass is 409 g/mol. The van der Waals surface area contributed by atoms with Crippen LogP contribution in [0, 0.1) is 0 Å². The number of fused-ring (bicyclic) bond motifs is 1. The molecular weight excluding hydrogens is 386 g/mol. The largest absolute Gasteiger partial charge is 0.457 e. The summed E-state index contributed by atoms with van der Waals surface area (Å²) in [4.78, 5) is 28.5. The van der Waals surface area contributed by atoms with Crippen LogP contribution in [0.4, 0.5) is 5.69 Å². The smallest absolute Gasteiger partial charge is 0.291 e. The van der Waals surface area contributed by atoms with Crippen molar-refractivity contribution in [3.8, 4) is 5.75 Å². The number of amides is 2. The van der Waals surface area contributed by atoms with Gasteiger partial charge in [-0.1, -0.05) is 12.1 Å². The van der Waals surface area contributed by atoms with E-state index < -0.39 is 0 Å². The number of nitrogens with one attached hydrogen (secondary N) is 1. The Morgan fingerprint density at radius 2 is 1.87 bits per heavy atom. The minimum absolute atomic E-state index is 0.0819. The highest BCUT2D eigenvalue weighted by atomic mass is 16.5. The lowest BCUT2D eigenvalue weighted by Crippen LogP contribution is -2.48. The Kier molecular flexibility index (Phi) is 5.97. The van der Waals surface area contributed by atoms with Crippen molar-refractivity contribution in [2.24, 2.45) is 0 Å². The molecule has 0 spiro atoms. The number of aliphatic hydroxyl groups is 1. The number of piperazine rings is 1. The lowest BCUT2D eigenvalue weighted by Gasteiger charge is -2.33. The fraction of sp³-hybridized carbons (Fsp3) is 0.273. The highest BCUT2D eigenvalue weighted by molar-refractivity contribution is 6.08. The molecule has 8 heteroatoms. The molecule has 2 aliphatic heterocycles. The van der Waals surface area contributed by atoms with Gasteiger partial charge in [0.2, 0.25) is 5.91 Å². The average molecular weight is 409 g/mol. The first-order valence-corrected chi connectivity index (χ1v) is 9.82. The summed E-state index contributed by atoms with van der Waals surface area (Å²) in [7, 11) is 0. The molecule has 0 atom stereocenters. The number of rotatable bonds is 5. The van der Waals surface area contributed by atoms with Crippen LogP contribution in [0.15, 0.2) is 52.7 Å². The Morgan fingerprint density at radius 3 is 2.67 bits per heavy atom. The number of carbonyl (C=O) groups excluding carboxylic acids is 2. The minimum atomic E-state index is -0.349. The van der Waals surface area contributed by atoms with Crippen LogP contribution >= 0.6 is 0 Å². The number of nitrogens with zero attached hydrogens (tertiary/aromatic N) is 2. The fourth-order valence-electron chi connectivity index (χ4n) is 3.36. The number of aliphatic hydroxyl groups excluding tert-OH is 1. The van der Waals surface area contributed by atoms with Gasteiger partial charge in [-0.2, -0.15) is 0 Å². The van der Waals surface area contributed by atoms with Crippen molar-refractivity contribution in [1.29, 1.82) is 0 Å². The van der Waals surface area contributed by atoms with E-state index >= 15 is 0 Å². The predicted octanol–water partition coefficient (Wildman–Crippen LogP) is 1.80. The summed E-state index contributed by atoms with van der Waals surface area (Å²) in [6.07, 6.45) is 4.61. The summed E-state index contributed by atoms with van der Waals surface area (Å²) in [5.41, 5.74) is 0.624. The second kappa shape index (κ2) is 8.98. The van der Waals surface area contributed by atoms with Gasteiger partial charge in [-0.05, 0) is 30.3 Å². The third-order valence-corrected chi connectivity index (χ3v) is 4.99. The van der Waals surface area contributed by atoms with E-state index in [1.807, 2.05) is 12.1 Å². The maximum atomic E-state index is 12.4. The molecule has 2 N–H and O–H groups in total. The number of benzene rings is 1. The minimum Gasteiger partial charge on any atom is -0.457 e. The van der Waals surface area contributed by atoms with Gasteiger partial charge in [0.25, 0.3) is 5.91 Å². The van der Waals surface area contributed by atoms with Crippen molar-refractivity contribution < 1.29 is 23.8 Å². The van der Waals surface area contributed by atoms with Crippen LogP contribution in [0.5, 0.6) is 5.75 Å². The maximum Gasteiger partial charge on any atom is 0.291 e. The standard InChI is InChI=1S/C22H23N3O5/c26-14-13-24-9-11-25(12-10-24)21(27)8-7-16-5-6-17(29-16)15-20-22(28)23-18-3-1-2-4-19(18)30-20/h1-8,15,26H,9-14H2,(H,23,28)/b8-7+,20-15-. The topological polar surface area (TPSA) is 95.2 Å². The van der Waals surface area contributed by atoms with Crippen LogP contribution in [0.3, 0.4) is 0 Å². The second-order valence-electron chi connectivity index (χ2n) is 7.02. The van der Waals surface area contributed by atoms with Crippen LogP contribution in [0.25, 0.3) is 12.2 Å². The molecule has 2 amide bonds. The van der Waals surface area contributed by atoms with E-state index in [-0.39, 0.29) is 24.2 Å². The van der Waals surface area contributed by atoms with E-state index in [0.717, 1.165) is 13.1 Å². The zero-order valence-electron chi connectivity index (χ0n) is 16.4. The summed E-state index contributed by atoms with van der Waals surface area (Å²) in [5, 5.41) is 11.8. The molecule has 30 heavy (non-hydrogen) atoms. The molecular formula is C22H23N3O5. The Bertz CT molecular complexity index is 986. The van der Waals surface area contributed by atoms with Gasteiger partial charge in [0.1, 0.15) is 11.5 Å². The van der Waals surface area contributed by atoms with Crippen LogP contribution in [0.1, 0.15) is 11.5 Å². The molecule has 0 bridgehead atoms. The Labute approximate surface area is 174 Å². The molecule has 1 aromatic heterocycles. The Balaban J connectivity index is 1.37. The molecule has 0 radical (unpaired) electrons. The summed E-state index contributed by atoms with van der Waals surface area (Å²) in [6.45, 7) is 3.53. The molecule has 0 saturated carbocycles. The normalized spacial score (nSPS) is 18.4. The van der Waals surface area contributed by atoms with E-state index in [0.29, 0.717) is 42.6 Å². The lowest BCUT2D eigenvalue weighted by molar-refractivity contribution is -0.127. The highest BCUT2D eigenvalue weighted by Gasteiger charge is 2.22. The molecule has 2 aromatic rings. The van der Waals surface area contributed by atoms with Gasteiger partial charge in [0.05, 0.1) is 12.3 Å². The van der Waals surface area contributed by atoms with Gasteiger partial charge in [-0.25, -0.2) is 0 Å². The number of β-amino-alcohol motifs (C(OH)–C–C–N with tert-alkyl or cyclic N) is 1. The van der Waals surface area contributed by atoms with Gasteiger partial charge >= 0.3 is 0 Å². The van der Waals surface area contributed by atoms with Crippen molar-refractivity contribution >= 4 is 29.7 Å². The number of ether oxygens (including phenoxy) is 1. The molecule has 2 aliphatic rings. The van der Waals surface area contributed by atoms with Crippen LogP contribution in [-0.2, 0) is 9.59 Å². The average Bonchev–Trinajstić information content (AvgIpc) is 3.21. The highest BCUT2D eigenvalue weighted by Crippen LogP contribution is 2.31. The lowest BCUT2D eigenvalue weighted by atomic mass is 10.2. The number of hydrogen-bond acceptors (Lipinski definition) is 6. The molecule has 0 aliphatic carbocycles. The zero-order chi connectivity index (χ0) is 20.9. The quantitative estimate of drug-likeness (QED) is 0.732.